The van der Waals surface area contributed by atoms with Crippen LogP contribution in [0.4, 0.5) is 5.69 Å². The number of amides is 1. The molecule has 0 radical (unpaired) electrons. The average molecular weight is 339 g/mol. The number of rotatable bonds is 6. The lowest BCUT2D eigenvalue weighted by Gasteiger charge is -2.07. The summed E-state index contributed by atoms with van der Waals surface area (Å²) in [6.07, 6.45) is 0.0434. The van der Waals surface area contributed by atoms with Gasteiger partial charge in [0.25, 0.3) is 0 Å². The summed E-state index contributed by atoms with van der Waals surface area (Å²) in [7, 11) is -3.63. The summed E-state index contributed by atoms with van der Waals surface area (Å²) in [4.78, 5) is 11.8. The molecular formula is C15H15ClN2O3S. The average Bonchev–Trinajstić information content (AvgIpc) is 2.48. The molecule has 0 heterocycles. The fourth-order valence-electron chi connectivity index (χ4n) is 1.74. The lowest BCUT2D eigenvalue weighted by Crippen LogP contribution is -2.27. The molecule has 0 aliphatic rings. The van der Waals surface area contributed by atoms with Gasteiger partial charge < -0.3 is 5.32 Å². The van der Waals surface area contributed by atoms with E-state index in [9.17, 15) is 13.2 Å². The van der Waals surface area contributed by atoms with Crippen LogP contribution in [0.5, 0.6) is 0 Å². The van der Waals surface area contributed by atoms with E-state index in [1.54, 1.807) is 24.3 Å². The van der Waals surface area contributed by atoms with Crippen molar-refractivity contribution in [1.29, 1.82) is 0 Å². The molecule has 1 amide bonds. The van der Waals surface area contributed by atoms with Crippen LogP contribution in [0.1, 0.15) is 6.42 Å². The zero-order chi connectivity index (χ0) is 16.0. The van der Waals surface area contributed by atoms with Crippen molar-refractivity contribution < 1.29 is 13.2 Å². The van der Waals surface area contributed by atoms with E-state index in [2.05, 4.69) is 10.0 Å². The maximum atomic E-state index is 12.0. The maximum Gasteiger partial charge on any atom is 0.240 e. The fourth-order valence-corrected chi connectivity index (χ4v) is 2.90. The van der Waals surface area contributed by atoms with Gasteiger partial charge in [0.15, 0.2) is 0 Å². The highest BCUT2D eigenvalue weighted by molar-refractivity contribution is 7.89. The molecule has 0 aliphatic heterocycles. The van der Waals surface area contributed by atoms with E-state index in [0.717, 1.165) is 0 Å². The van der Waals surface area contributed by atoms with Gasteiger partial charge >= 0.3 is 0 Å². The second kappa shape index (κ2) is 7.40. The van der Waals surface area contributed by atoms with Crippen molar-refractivity contribution in [3.8, 4) is 0 Å². The third-order valence-electron chi connectivity index (χ3n) is 2.83. The van der Waals surface area contributed by atoms with Crippen molar-refractivity contribution in [2.24, 2.45) is 0 Å². The number of anilines is 1. The van der Waals surface area contributed by atoms with Crippen LogP contribution in [0.3, 0.4) is 0 Å². The Labute approximate surface area is 134 Å². The first-order valence-corrected chi connectivity index (χ1v) is 8.43. The Kier molecular flexibility index (Phi) is 5.54. The lowest BCUT2D eigenvalue weighted by molar-refractivity contribution is -0.116. The monoisotopic (exact) mass is 338 g/mol. The Morgan fingerprint density at radius 3 is 2.27 bits per heavy atom. The number of hydrogen-bond donors (Lipinski definition) is 2. The van der Waals surface area contributed by atoms with E-state index in [0.29, 0.717) is 10.7 Å². The number of sulfonamides is 1. The Hall–Kier alpha value is -1.89. The molecule has 0 aliphatic carbocycles. The van der Waals surface area contributed by atoms with E-state index in [1.165, 1.54) is 24.3 Å². The molecule has 0 unspecified atom stereocenters. The Balaban J connectivity index is 1.85. The van der Waals surface area contributed by atoms with Crippen LogP contribution in [0.25, 0.3) is 0 Å². The molecule has 0 atom stereocenters. The van der Waals surface area contributed by atoms with Crippen LogP contribution in [0.2, 0.25) is 5.02 Å². The highest BCUT2D eigenvalue weighted by Gasteiger charge is 2.13. The summed E-state index contributed by atoms with van der Waals surface area (Å²) in [6.45, 7) is 0.0175. The first-order valence-electron chi connectivity index (χ1n) is 6.57. The summed E-state index contributed by atoms with van der Waals surface area (Å²) in [5, 5.41) is 3.14. The maximum absolute atomic E-state index is 12.0. The molecule has 2 aromatic rings. The number of para-hydroxylation sites is 1. The third-order valence-corrected chi connectivity index (χ3v) is 4.55. The molecular weight excluding hydrogens is 324 g/mol. The number of carbonyl (C=O) groups excluding carboxylic acids is 1. The smallest absolute Gasteiger partial charge is 0.240 e. The minimum Gasteiger partial charge on any atom is -0.326 e. The number of nitrogens with one attached hydrogen (secondary N) is 2. The van der Waals surface area contributed by atoms with Gasteiger partial charge in [-0.05, 0) is 36.4 Å². The molecule has 0 spiro atoms. The predicted octanol–water partition coefficient (Wildman–Crippen LogP) is 2.65. The first kappa shape index (κ1) is 16.5. The van der Waals surface area contributed by atoms with Crippen LogP contribution < -0.4 is 10.0 Å². The summed E-state index contributed by atoms with van der Waals surface area (Å²) < 4.78 is 26.4. The zero-order valence-corrected chi connectivity index (χ0v) is 13.2. The molecule has 2 rings (SSSR count). The third kappa shape index (κ3) is 4.84. The summed E-state index contributed by atoms with van der Waals surface area (Å²) in [6, 6.07) is 14.8. The van der Waals surface area contributed by atoms with Crippen LogP contribution in [-0.4, -0.2) is 20.9 Å². The zero-order valence-electron chi connectivity index (χ0n) is 11.6. The first-order chi connectivity index (χ1) is 10.5. The Bertz CT molecular complexity index is 731. The minimum atomic E-state index is -3.63. The van der Waals surface area contributed by atoms with Crippen molar-refractivity contribution in [2.45, 2.75) is 11.3 Å². The van der Waals surface area contributed by atoms with Crippen LogP contribution in [0, 0.1) is 0 Å². The van der Waals surface area contributed by atoms with Gasteiger partial charge in [-0.1, -0.05) is 29.8 Å². The van der Waals surface area contributed by atoms with Crippen molar-refractivity contribution in [1.82, 2.24) is 4.72 Å². The van der Waals surface area contributed by atoms with Gasteiger partial charge in [0.05, 0.1) is 4.90 Å². The van der Waals surface area contributed by atoms with E-state index < -0.39 is 10.0 Å². The molecule has 2 N–H and O–H groups in total. The number of hydrogen-bond acceptors (Lipinski definition) is 3. The highest BCUT2D eigenvalue weighted by Crippen LogP contribution is 2.13. The van der Waals surface area contributed by atoms with Gasteiger partial charge in [0.1, 0.15) is 0 Å². The second-order valence-corrected chi connectivity index (χ2v) is 6.72. The van der Waals surface area contributed by atoms with Gasteiger partial charge in [-0.25, -0.2) is 13.1 Å². The van der Waals surface area contributed by atoms with E-state index >= 15 is 0 Å². The number of halogens is 1. The Morgan fingerprint density at radius 1 is 1.00 bits per heavy atom. The topological polar surface area (TPSA) is 75.3 Å². The SMILES string of the molecule is O=C(CCNS(=O)(=O)c1ccc(Cl)cc1)Nc1ccccc1. The van der Waals surface area contributed by atoms with Crippen molar-refractivity contribution in [3.05, 3.63) is 59.6 Å². The molecule has 2 aromatic carbocycles. The predicted molar refractivity (Wildman–Crippen MR) is 86.3 cm³/mol. The van der Waals surface area contributed by atoms with Gasteiger partial charge in [-0.15, -0.1) is 0 Å². The molecule has 0 aromatic heterocycles. The minimum absolute atomic E-state index is 0.0175. The summed E-state index contributed by atoms with van der Waals surface area (Å²) >= 11 is 5.72. The summed E-state index contributed by atoms with van der Waals surface area (Å²) in [5.74, 6) is -0.259. The fraction of sp³-hybridized carbons (Fsp3) is 0.133. The van der Waals surface area contributed by atoms with Crippen molar-refractivity contribution >= 4 is 33.2 Å². The lowest BCUT2D eigenvalue weighted by atomic mass is 10.3. The largest absolute Gasteiger partial charge is 0.326 e. The van der Waals surface area contributed by atoms with Crippen molar-refractivity contribution in [3.63, 3.8) is 0 Å². The van der Waals surface area contributed by atoms with E-state index in [1.807, 2.05) is 6.07 Å². The molecule has 0 saturated heterocycles. The number of carbonyl (C=O) groups is 1. The van der Waals surface area contributed by atoms with E-state index in [4.69, 9.17) is 11.6 Å². The normalized spacial score (nSPS) is 11.1. The second-order valence-electron chi connectivity index (χ2n) is 4.52. The van der Waals surface area contributed by atoms with E-state index in [-0.39, 0.29) is 23.8 Å². The van der Waals surface area contributed by atoms with Gasteiger partial charge in [0.2, 0.25) is 15.9 Å². The highest BCUT2D eigenvalue weighted by atomic mass is 35.5. The quantitative estimate of drug-likeness (QED) is 0.850. The molecule has 5 nitrogen and oxygen atoms in total. The molecule has 0 bridgehead atoms. The van der Waals surface area contributed by atoms with Gasteiger partial charge in [0, 0.05) is 23.7 Å². The van der Waals surface area contributed by atoms with Crippen LogP contribution in [0.15, 0.2) is 59.5 Å². The molecule has 7 heteroatoms. The van der Waals surface area contributed by atoms with Gasteiger partial charge in [-0.2, -0.15) is 0 Å². The summed E-state index contributed by atoms with van der Waals surface area (Å²) in [5.41, 5.74) is 0.674. The molecule has 0 saturated carbocycles. The van der Waals surface area contributed by atoms with Gasteiger partial charge in [-0.3, -0.25) is 4.79 Å². The standard InChI is InChI=1S/C15H15ClN2O3S/c16-12-6-8-14(9-7-12)22(20,21)17-11-10-15(19)18-13-4-2-1-3-5-13/h1-9,17H,10-11H2,(H,18,19). The molecule has 22 heavy (non-hydrogen) atoms. The van der Waals surface area contributed by atoms with Crippen LogP contribution >= 0.6 is 11.6 Å². The number of benzene rings is 2. The molecule has 0 fully saturated rings. The molecule has 116 valence electrons. The van der Waals surface area contributed by atoms with Crippen LogP contribution in [-0.2, 0) is 14.8 Å². The Morgan fingerprint density at radius 2 is 1.64 bits per heavy atom. The van der Waals surface area contributed by atoms with Crippen molar-refractivity contribution in [2.75, 3.05) is 11.9 Å².